The number of carboxylic acids is 1. The summed E-state index contributed by atoms with van der Waals surface area (Å²) in [6, 6.07) is 7.13. The van der Waals surface area contributed by atoms with Crippen molar-refractivity contribution in [2.75, 3.05) is 21.3 Å². The Balaban J connectivity index is 1.70. The Bertz CT molecular complexity index is 1190. The number of carboxylic acid groups (broad SMARTS) is 1. The average Bonchev–Trinajstić information content (AvgIpc) is 3.52. The van der Waals surface area contributed by atoms with E-state index in [4.69, 9.17) is 18.9 Å². The first kappa shape index (κ1) is 26.3. The predicted molar refractivity (Wildman–Crippen MR) is 137 cm³/mol. The molecular formula is C27H33NO7S. The monoisotopic (exact) mass is 515 g/mol. The third-order valence-electron chi connectivity index (χ3n) is 6.65. The fourth-order valence-corrected chi connectivity index (χ4v) is 5.90. The van der Waals surface area contributed by atoms with E-state index >= 15 is 0 Å². The number of nitrogens with zero attached hydrogens (tertiary/aromatic N) is 1. The first-order valence-corrected chi connectivity index (χ1v) is 12.9. The van der Waals surface area contributed by atoms with Gasteiger partial charge in [-0.1, -0.05) is 12.8 Å². The number of hydrogen-bond donors (Lipinski definition) is 2. The molecule has 0 radical (unpaired) electrons. The summed E-state index contributed by atoms with van der Waals surface area (Å²) < 4.78 is 23.4. The molecule has 1 aromatic heterocycles. The van der Waals surface area contributed by atoms with Crippen LogP contribution in [0, 0.1) is 6.92 Å². The lowest BCUT2D eigenvalue weighted by Crippen LogP contribution is -2.29. The Labute approximate surface area is 214 Å². The molecule has 4 rings (SSSR count). The summed E-state index contributed by atoms with van der Waals surface area (Å²) in [4.78, 5) is 16.6. The van der Waals surface area contributed by atoms with Crippen molar-refractivity contribution in [3.05, 3.63) is 51.5 Å². The lowest BCUT2D eigenvalue weighted by atomic mass is 9.99. The number of aliphatic hydroxyl groups excluding tert-OH is 1. The van der Waals surface area contributed by atoms with Crippen LogP contribution in [0.1, 0.15) is 63.8 Å². The van der Waals surface area contributed by atoms with Gasteiger partial charge in [0.1, 0.15) is 17.6 Å². The van der Waals surface area contributed by atoms with Crippen molar-refractivity contribution in [3.63, 3.8) is 0 Å². The standard InChI is InChI=1S/C27H33NO7S/c1-15-20(33-3)11-17(12-21(15)34-4)26(29)22(35-18-7-5-6-8-18)13-24-28-25-19(27(30)31)9-16(14-32-2)10-23(25)36-24/h9-12,18,22,26,29H,5-8,13-14H2,1-4H3,(H,30,31). The van der Waals surface area contributed by atoms with Gasteiger partial charge in [-0.05, 0) is 55.2 Å². The van der Waals surface area contributed by atoms with Gasteiger partial charge in [0.15, 0.2) is 0 Å². The van der Waals surface area contributed by atoms with Crippen LogP contribution in [0.3, 0.4) is 0 Å². The number of rotatable bonds is 11. The first-order valence-electron chi connectivity index (χ1n) is 12.0. The molecule has 0 saturated heterocycles. The van der Waals surface area contributed by atoms with Crippen molar-refractivity contribution in [1.29, 1.82) is 0 Å². The van der Waals surface area contributed by atoms with E-state index in [1.54, 1.807) is 27.4 Å². The highest BCUT2D eigenvalue weighted by Crippen LogP contribution is 2.36. The van der Waals surface area contributed by atoms with Crippen molar-refractivity contribution in [2.24, 2.45) is 0 Å². The van der Waals surface area contributed by atoms with Gasteiger partial charge in [0.25, 0.3) is 0 Å². The van der Waals surface area contributed by atoms with Gasteiger partial charge < -0.3 is 29.2 Å². The first-order chi connectivity index (χ1) is 17.3. The number of fused-ring (bicyclic) bond motifs is 1. The third-order valence-corrected chi connectivity index (χ3v) is 7.68. The SMILES string of the molecule is COCc1cc(C(=O)O)c2nc(CC(OC3CCCC3)C(O)c3cc(OC)c(C)c(OC)c3)sc2c1. The number of ether oxygens (including phenoxy) is 4. The zero-order valence-corrected chi connectivity index (χ0v) is 21.9. The molecule has 2 atom stereocenters. The van der Waals surface area contributed by atoms with Crippen LogP contribution in [0.4, 0.5) is 0 Å². The molecule has 0 bridgehead atoms. The highest BCUT2D eigenvalue weighted by molar-refractivity contribution is 7.18. The van der Waals surface area contributed by atoms with E-state index in [0.717, 1.165) is 41.5 Å². The molecule has 1 fully saturated rings. The molecule has 2 unspecified atom stereocenters. The Morgan fingerprint density at radius 3 is 2.36 bits per heavy atom. The van der Waals surface area contributed by atoms with Crippen LogP contribution in [0.5, 0.6) is 11.5 Å². The normalized spacial score (nSPS) is 15.8. The minimum absolute atomic E-state index is 0.0659. The Kier molecular flexibility index (Phi) is 8.46. The van der Waals surface area contributed by atoms with Crippen LogP contribution in [0.15, 0.2) is 24.3 Å². The van der Waals surface area contributed by atoms with Crippen LogP contribution >= 0.6 is 11.3 Å². The quantitative estimate of drug-likeness (QED) is 0.364. The maximum atomic E-state index is 11.9. The number of thiazole rings is 1. The minimum atomic E-state index is -1.03. The molecule has 2 aromatic carbocycles. The number of aliphatic hydroxyl groups is 1. The van der Waals surface area contributed by atoms with Gasteiger partial charge in [-0.25, -0.2) is 9.78 Å². The summed E-state index contributed by atoms with van der Waals surface area (Å²) in [5.41, 5.74) is 2.84. The molecule has 2 N–H and O–H groups in total. The van der Waals surface area contributed by atoms with E-state index in [9.17, 15) is 15.0 Å². The molecule has 8 nitrogen and oxygen atoms in total. The zero-order chi connectivity index (χ0) is 25.8. The van der Waals surface area contributed by atoms with E-state index in [1.165, 1.54) is 11.3 Å². The molecule has 0 aliphatic heterocycles. The Hall–Kier alpha value is -2.72. The van der Waals surface area contributed by atoms with Gasteiger partial charge in [-0.3, -0.25) is 0 Å². The molecular weight excluding hydrogens is 482 g/mol. The summed E-state index contributed by atoms with van der Waals surface area (Å²) in [5, 5.41) is 21.9. The molecule has 36 heavy (non-hydrogen) atoms. The molecule has 1 heterocycles. The van der Waals surface area contributed by atoms with E-state index in [2.05, 4.69) is 4.98 Å². The second kappa shape index (κ2) is 11.6. The maximum absolute atomic E-state index is 11.9. The number of methoxy groups -OCH3 is 3. The maximum Gasteiger partial charge on any atom is 0.337 e. The van der Waals surface area contributed by atoms with E-state index in [1.807, 2.05) is 25.1 Å². The molecule has 3 aromatic rings. The van der Waals surface area contributed by atoms with Crippen molar-refractivity contribution < 1.29 is 34.0 Å². The van der Waals surface area contributed by atoms with Crippen LogP contribution in [0.2, 0.25) is 0 Å². The highest BCUT2D eigenvalue weighted by Gasteiger charge is 2.30. The van der Waals surface area contributed by atoms with E-state index in [-0.39, 0.29) is 11.7 Å². The van der Waals surface area contributed by atoms with Crippen molar-refractivity contribution in [3.8, 4) is 11.5 Å². The largest absolute Gasteiger partial charge is 0.496 e. The summed E-state index contributed by atoms with van der Waals surface area (Å²) >= 11 is 1.41. The second-order valence-corrected chi connectivity index (χ2v) is 10.2. The summed E-state index contributed by atoms with van der Waals surface area (Å²) in [7, 11) is 4.75. The summed E-state index contributed by atoms with van der Waals surface area (Å²) in [6.07, 6.45) is 2.99. The topological polar surface area (TPSA) is 107 Å². The van der Waals surface area contributed by atoms with Crippen LogP contribution in [0.25, 0.3) is 10.2 Å². The van der Waals surface area contributed by atoms with Crippen LogP contribution < -0.4 is 9.47 Å². The van der Waals surface area contributed by atoms with Crippen molar-refractivity contribution >= 4 is 27.5 Å². The molecule has 1 aliphatic rings. The molecule has 9 heteroatoms. The number of benzene rings is 2. The highest BCUT2D eigenvalue weighted by atomic mass is 32.1. The van der Waals surface area contributed by atoms with Crippen molar-refractivity contribution in [1.82, 2.24) is 4.98 Å². The number of aromatic nitrogens is 1. The van der Waals surface area contributed by atoms with Gasteiger partial charge in [-0.15, -0.1) is 11.3 Å². The van der Waals surface area contributed by atoms with Gasteiger partial charge in [0.05, 0.1) is 53.8 Å². The Morgan fingerprint density at radius 1 is 1.11 bits per heavy atom. The van der Waals surface area contributed by atoms with Gasteiger partial charge in [0, 0.05) is 19.1 Å². The minimum Gasteiger partial charge on any atom is -0.496 e. The van der Waals surface area contributed by atoms with Gasteiger partial charge in [-0.2, -0.15) is 0 Å². The molecule has 0 spiro atoms. The van der Waals surface area contributed by atoms with Gasteiger partial charge >= 0.3 is 5.97 Å². The van der Waals surface area contributed by atoms with E-state index in [0.29, 0.717) is 40.6 Å². The number of hydrogen-bond acceptors (Lipinski definition) is 8. The molecule has 0 amide bonds. The average molecular weight is 516 g/mol. The molecule has 1 aliphatic carbocycles. The third kappa shape index (κ3) is 5.64. The smallest absolute Gasteiger partial charge is 0.337 e. The number of aromatic carboxylic acids is 1. The summed E-state index contributed by atoms with van der Waals surface area (Å²) in [6.45, 7) is 2.21. The molecule has 1 saturated carbocycles. The van der Waals surface area contributed by atoms with Gasteiger partial charge in [0.2, 0.25) is 0 Å². The summed E-state index contributed by atoms with van der Waals surface area (Å²) in [5.74, 6) is 0.215. The fraction of sp³-hybridized carbons (Fsp3) is 0.481. The lowest BCUT2D eigenvalue weighted by molar-refractivity contribution is -0.0753. The van der Waals surface area contributed by atoms with Crippen LogP contribution in [-0.4, -0.2) is 54.7 Å². The van der Waals surface area contributed by atoms with Crippen molar-refractivity contribution in [2.45, 2.75) is 63.9 Å². The van der Waals surface area contributed by atoms with E-state index < -0.39 is 18.2 Å². The van der Waals surface area contributed by atoms with Crippen LogP contribution in [-0.2, 0) is 22.5 Å². The second-order valence-electron chi connectivity index (χ2n) is 9.12. The molecule has 194 valence electrons. The number of carbonyl (C=O) groups is 1. The fourth-order valence-electron chi connectivity index (χ4n) is 4.80. The zero-order valence-electron chi connectivity index (χ0n) is 21.1. The predicted octanol–water partition coefficient (Wildman–Crippen LogP) is 5.07. The lowest BCUT2D eigenvalue weighted by Gasteiger charge is -2.27. The Morgan fingerprint density at radius 2 is 1.78 bits per heavy atom.